The molecular weight excluding hydrogens is 430 g/mol. The van der Waals surface area contributed by atoms with Crippen molar-refractivity contribution >= 4 is 23.7 Å². The van der Waals surface area contributed by atoms with Gasteiger partial charge in [-0.3, -0.25) is 14.4 Å². The molecule has 0 aromatic heterocycles. The lowest BCUT2D eigenvalue weighted by molar-refractivity contribution is -0.173. The van der Waals surface area contributed by atoms with E-state index in [1.807, 2.05) is 97.9 Å². The second-order valence-electron chi connectivity index (χ2n) is 8.12. The van der Waals surface area contributed by atoms with Gasteiger partial charge in [0.2, 0.25) is 5.41 Å². The quantitative estimate of drug-likeness (QED) is 0.401. The molecule has 0 saturated carbocycles. The summed E-state index contributed by atoms with van der Waals surface area (Å²) in [5.74, 6) is -1.42. The van der Waals surface area contributed by atoms with Crippen molar-refractivity contribution in [3.63, 3.8) is 0 Å². The minimum absolute atomic E-state index is 0.00367. The van der Waals surface area contributed by atoms with E-state index >= 15 is 0 Å². The molecule has 6 heteroatoms. The number of aryl methyl sites for hydroxylation is 1. The molecule has 1 unspecified atom stereocenters. The molecule has 0 spiro atoms. The van der Waals surface area contributed by atoms with Crippen LogP contribution in [0, 0.1) is 12.3 Å². The Balaban J connectivity index is 2.01. The summed E-state index contributed by atoms with van der Waals surface area (Å²) in [4.78, 5) is 33.6. The fourth-order valence-corrected chi connectivity index (χ4v) is 4.41. The minimum Gasteiger partial charge on any atom is -0.468 e. The lowest BCUT2D eigenvalue weighted by Gasteiger charge is -2.47. The maximum Gasteiger partial charge on any atom is 0.330 e. The van der Waals surface area contributed by atoms with E-state index in [1.54, 1.807) is 5.06 Å². The first-order valence-electron chi connectivity index (χ1n) is 11.0. The summed E-state index contributed by atoms with van der Waals surface area (Å²) >= 11 is 0. The number of carbonyl (C=O) groups is 2. The third-order valence-corrected chi connectivity index (χ3v) is 6.07. The van der Waals surface area contributed by atoms with Gasteiger partial charge in [-0.1, -0.05) is 84.4 Å². The van der Waals surface area contributed by atoms with Crippen LogP contribution in [0.1, 0.15) is 22.7 Å². The summed E-state index contributed by atoms with van der Waals surface area (Å²) in [7, 11) is 2.56. The molecule has 0 aliphatic carbocycles. The molecule has 3 aromatic rings. The lowest BCUT2D eigenvalue weighted by atomic mass is 9.69. The first-order chi connectivity index (χ1) is 16.5. The van der Waals surface area contributed by atoms with Crippen LogP contribution in [0.2, 0.25) is 0 Å². The molecule has 6 nitrogen and oxygen atoms in total. The highest BCUT2D eigenvalue weighted by Crippen LogP contribution is 2.51. The Morgan fingerprint density at radius 2 is 1.44 bits per heavy atom. The Kier molecular flexibility index (Phi) is 6.80. The van der Waals surface area contributed by atoms with Crippen molar-refractivity contribution in [2.24, 2.45) is 5.41 Å². The first kappa shape index (κ1) is 23.3. The number of rotatable bonds is 5. The number of ether oxygens (including phenoxy) is 2. The highest BCUT2D eigenvalue weighted by Gasteiger charge is 2.62. The topological polar surface area (TPSA) is 65.1 Å². The van der Waals surface area contributed by atoms with Crippen molar-refractivity contribution in [2.45, 2.75) is 13.0 Å². The maximum atomic E-state index is 13.7. The van der Waals surface area contributed by atoms with Crippen LogP contribution in [0.5, 0.6) is 0 Å². The summed E-state index contributed by atoms with van der Waals surface area (Å²) in [5.41, 5.74) is 1.99. The lowest BCUT2D eigenvalue weighted by Crippen LogP contribution is -2.57. The molecule has 34 heavy (non-hydrogen) atoms. The van der Waals surface area contributed by atoms with Gasteiger partial charge < -0.3 is 9.47 Å². The number of hydrogen-bond acceptors (Lipinski definition) is 6. The van der Waals surface area contributed by atoms with Gasteiger partial charge in [0.05, 0.1) is 26.5 Å². The molecule has 1 atom stereocenters. The number of anilines is 1. The number of nitrogens with zero attached hydrogens (tertiary/aromatic N) is 1. The van der Waals surface area contributed by atoms with Crippen LogP contribution >= 0.6 is 0 Å². The number of benzene rings is 3. The van der Waals surface area contributed by atoms with Gasteiger partial charge in [-0.05, 0) is 35.8 Å². The van der Waals surface area contributed by atoms with E-state index < -0.39 is 23.4 Å². The van der Waals surface area contributed by atoms with Crippen LogP contribution in [0.15, 0.2) is 90.5 Å². The van der Waals surface area contributed by atoms with Crippen LogP contribution < -0.4 is 5.06 Å². The third kappa shape index (κ3) is 4.08. The summed E-state index contributed by atoms with van der Waals surface area (Å²) < 4.78 is 10.6. The zero-order chi connectivity index (χ0) is 24.1. The molecule has 0 N–H and O–H groups in total. The van der Waals surface area contributed by atoms with Crippen LogP contribution in [-0.2, 0) is 23.9 Å². The van der Waals surface area contributed by atoms with E-state index in [-0.39, 0.29) is 6.61 Å². The van der Waals surface area contributed by atoms with Gasteiger partial charge in [0.15, 0.2) is 0 Å². The Labute approximate surface area is 199 Å². The Bertz CT molecular complexity index is 1160. The zero-order valence-corrected chi connectivity index (χ0v) is 19.4. The number of para-hydroxylation sites is 1. The fraction of sp³-hybridized carbons (Fsp3) is 0.214. The smallest absolute Gasteiger partial charge is 0.330 e. The summed E-state index contributed by atoms with van der Waals surface area (Å²) in [6, 6.07) is 25.6. The predicted molar refractivity (Wildman–Crippen MR) is 130 cm³/mol. The number of hydrogen-bond donors (Lipinski definition) is 0. The van der Waals surface area contributed by atoms with Gasteiger partial charge in [0.25, 0.3) is 0 Å². The van der Waals surface area contributed by atoms with Crippen LogP contribution in [0.4, 0.5) is 5.69 Å². The van der Waals surface area contributed by atoms with Crippen molar-refractivity contribution in [1.82, 2.24) is 0 Å². The van der Waals surface area contributed by atoms with Gasteiger partial charge >= 0.3 is 11.9 Å². The molecule has 174 valence electrons. The van der Waals surface area contributed by atoms with Gasteiger partial charge in [-0.2, -0.15) is 0 Å². The maximum absolute atomic E-state index is 13.7. The molecule has 1 saturated heterocycles. The average Bonchev–Trinajstić information content (AvgIpc) is 2.89. The number of carbonyl (C=O) groups excluding carboxylic acids is 2. The highest BCUT2D eigenvalue weighted by molar-refractivity contribution is 6.06. The third-order valence-electron chi connectivity index (χ3n) is 6.07. The molecule has 0 radical (unpaired) electrons. The van der Waals surface area contributed by atoms with Gasteiger partial charge in [-0.15, -0.1) is 0 Å². The van der Waals surface area contributed by atoms with E-state index in [0.717, 1.165) is 11.1 Å². The largest absolute Gasteiger partial charge is 0.468 e. The summed E-state index contributed by atoms with van der Waals surface area (Å²) in [6.45, 7) is 1.99. The fourth-order valence-electron chi connectivity index (χ4n) is 4.41. The average molecular weight is 458 g/mol. The molecule has 3 aromatic carbocycles. The van der Waals surface area contributed by atoms with Crippen LogP contribution in [0.25, 0.3) is 6.08 Å². The Morgan fingerprint density at radius 1 is 0.882 bits per heavy atom. The van der Waals surface area contributed by atoms with E-state index in [2.05, 4.69) is 0 Å². The van der Waals surface area contributed by atoms with E-state index in [4.69, 9.17) is 14.3 Å². The van der Waals surface area contributed by atoms with E-state index in [9.17, 15) is 9.59 Å². The second kappa shape index (κ2) is 9.93. The predicted octanol–water partition coefficient (Wildman–Crippen LogP) is 4.90. The zero-order valence-electron chi connectivity index (χ0n) is 19.4. The van der Waals surface area contributed by atoms with Crippen LogP contribution in [0.3, 0.4) is 0 Å². The number of methoxy groups -OCH3 is 2. The van der Waals surface area contributed by atoms with Gasteiger partial charge in [0.1, 0.15) is 6.04 Å². The van der Waals surface area contributed by atoms with Crippen molar-refractivity contribution in [2.75, 3.05) is 25.9 Å². The molecule has 1 aliphatic rings. The molecule has 0 bridgehead atoms. The minimum atomic E-state index is -1.80. The number of esters is 2. The molecule has 1 heterocycles. The highest BCUT2D eigenvalue weighted by atomic mass is 16.7. The first-order valence-corrected chi connectivity index (χ1v) is 11.0. The monoisotopic (exact) mass is 457 g/mol. The number of hydroxylamine groups is 1. The summed E-state index contributed by atoms with van der Waals surface area (Å²) in [5, 5.41) is 1.61. The standard InChI is InChI=1S/C28H27NO5/c1-20-14-16-21(17-15-20)18-23-19-34-29(24-12-8-5-9-13-24)25(22-10-6-4-7-11-22)28(23,26(30)32-2)27(31)33-3/h4-18,25H,19H2,1-3H3/b23-18+. The molecule has 1 aliphatic heterocycles. The normalized spacial score (nSPS) is 18.4. The van der Waals surface area contributed by atoms with E-state index in [0.29, 0.717) is 16.8 Å². The molecule has 4 rings (SSSR count). The van der Waals surface area contributed by atoms with Crippen molar-refractivity contribution in [3.8, 4) is 0 Å². The Morgan fingerprint density at radius 3 is 2.00 bits per heavy atom. The SMILES string of the molecule is COC(=O)C1(C(=O)OC)/C(=C/c2ccc(C)cc2)CON(c2ccccc2)C1c1ccccc1. The summed E-state index contributed by atoms with van der Waals surface area (Å²) in [6.07, 6.45) is 1.81. The van der Waals surface area contributed by atoms with E-state index in [1.165, 1.54) is 14.2 Å². The second-order valence-corrected chi connectivity index (χ2v) is 8.12. The Hall–Kier alpha value is -3.90. The van der Waals surface area contributed by atoms with Gasteiger partial charge in [0, 0.05) is 0 Å². The van der Waals surface area contributed by atoms with Crippen LogP contribution in [-0.4, -0.2) is 32.8 Å². The van der Waals surface area contributed by atoms with Crippen molar-refractivity contribution < 1.29 is 23.9 Å². The van der Waals surface area contributed by atoms with Crippen molar-refractivity contribution in [1.29, 1.82) is 0 Å². The molecule has 0 amide bonds. The van der Waals surface area contributed by atoms with Crippen molar-refractivity contribution in [3.05, 3.63) is 107 Å². The molecular formula is C28H27NO5. The molecule has 1 fully saturated rings. The van der Waals surface area contributed by atoms with Gasteiger partial charge in [-0.25, -0.2) is 5.06 Å².